The minimum absolute atomic E-state index is 0.0554. The molecule has 0 saturated heterocycles. The quantitative estimate of drug-likeness (QED) is 0.678. The zero-order chi connectivity index (χ0) is 10.9. The van der Waals surface area contributed by atoms with Crippen molar-refractivity contribution >= 4 is 5.69 Å². The van der Waals surface area contributed by atoms with Gasteiger partial charge in [-0.15, -0.1) is 0 Å². The first kappa shape index (κ1) is 12.0. The molecule has 1 aromatic carbocycles. The molecule has 0 fully saturated rings. The number of nitrogens with one attached hydrogen (secondary N) is 1. The summed E-state index contributed by atoms with van der Waals surface area (Å²) in [5, 5.41) is 9.07. The summed E-state index contributed by atoms with van der Waals surface area (Å²) < 4.78 is 0. The maximum absolute atomic E-state index is 9.07. The van der Waals surface area contributed by atoms with E-state index in [0.29, 0.717) is 0 Å². The van der Waals surface area contributed by atoms with Crippen LogP contribution in [0.1, 0.15) is 26.2 Å². The van der Waals surface area contributed by atoms with Crippen molar-refractivity contribution in [1.29, 1.82) is 0 Å². The van der Waals surface area contributed by atoms with Gasteiger partial charge in [0.15, 0.2) is 0 Å². The molecule has 0 heterocycles. The van der Waals surface area contributed by atoms with Crippen molar-refractivity contribution in [1.82, 2.24) is 0 Å². The van der Waals surface area contributed by atoms with Crippen molar-refractivity contribution in [3.63, 3.8) is 0 Å². The van der Waals surface area contributed by atoms with Crippen LogP contribution in [0, 0.1) is 0 Å². The summed E-state index contributed by atoms with van der Waals surface area (Å²) in [6.07, 6.45) is 2.95. The highest BCUT2D eigenvalue weighted by Crippen LogP contribution is 2.09. The molecule has 0 aromatic heterocycles. The van der Waals surface area contributed by atoms with E-state index in [1.807, 2.05) is 30.3 Å². The lowest BCUT2D eigenvalue weighted by Crippen LogP contribution is -2.21. The second-order valence-electron chi connectivity index (χ2n) is 3.53. The van der Waals surface area contributed by atoms with Crippen LogP contribution in [0.15, 0.2) is 30.3 Å². The molecule has 0 bridgehead atoms. The van der Waals surface area contributed by atoms with Crippen molar-refractivity contribution < 1.29 is 9.94 Å². The van der Waals surface area contributed by atoms with E-state index in [-0.39, 0.29) is 12.7 Å². The van der Waals surface area contributed by atoms with Crippen LogP contribution in [0.25, 0.3) is 0 Å². The number of para-hydroxylation sites is 1. The fourth-order valence-electron chi connectivity index (χ4n) is 1.28. The van der Waals surface area contributed by atoms with Gasteiger partial charge >= 0.3 is 0 Å². The van der Waals surface area contributed by atoms with E-state index in [2.05, 4.69) is 12.4 Å². The fraction of sp³-hybridized carbons (Fsp3) is 0.500. The molecule has 1 aromatic rings. The van der Waals surface area contributed by atoms with Crippen LogP contribution in [0.4, 0.5) is 5.69 Å². The molecule has 84 valence electrons. The molecule has 0 unspecified atom stereocenters. The second kappa shape index (κ2) is 7.26. The van der Waals surface area contributed by atoms with Gasteiger partial charge in [-0.2, -0.15) is 0 Å². The molecule has 2 N–H and O–H groups in total. The lowest BCUT2D eigenvalue weighted by molar-refractivity contribution is 0.0400. The highest BCUT2D eigenvalue weighted by molar-refractivity contribution is 5.39. The smallest absolute Gasteiger partial charge is 0.108 e. The topological polar surface area (TPSA) is 41.5 Å². The Balaban J connectivity index is 2.28. The van der Waals surface area contributed by atoms with Gasteiger partial charge < -0.3 is 5.11 Å². The van der Waals surface area contributed by atoms with E-state index in [0.717, 1.165) is 24.9 Å². The van der Waals surface area contributed by atoms with Crippen LogP contribution in [-0.4, -0.2) is 17.8 Å². The van der Waals surface area contributed by atoms with Crippen LogP contribution in [-0.2, 0) is 4.84 Å². The monoisotopic (exact) mass is 209 g/mol. The predicted octanol–water partition coefficient (Wildman–Crippen LogP) is 2.58. The van der Waals surface area contributed by atoms with Gasteiger partial charge in [-0.3, -0.25) is 10.3 Å². The first-order valence-corrected chi connectivity index (χ1v) is 5.44. The third-order valence-corrected chi connectivity index (χ3v) is 2.20. The molecule has 0 aliphatic rings. The molecule has 1 atom stereocenters. The average molecular weight is 209 g/mol. The van der Waals surface area contributed by atoms with Gasteiger partial charge in [0.1, 0.15) is 6.10 Å². The Morgan fingerprint density at radius 1 is 1.33 bits per heavy atom. The van der Waals surface area contributed by atoms with E-state index < -0.39 is 0 Å². The first-order chi connectivity index (χ1) is 7.36. The summed E-state index contributed by atoms with van der Waals surface area (Å²) in [5.41, 5.74) is 3.75. The summed E-state index contributed by atoms with van der Waals surface area (Å²) in [7, 11) is 0. The molecule has 0 aliphatic heterocycles. The Hall–Kier alpha value is -1.06. The summed E-state index contributed by atoms with van der Waals surface area (Å²) in [4.78, 5) is 5.38. The largest absolute Gasteiger partial charge is 0.394 e. The molecule has 3 heteroatoms. The standard InChI is InChI=1S/C12H19NO2/c1-2-3-9-12(10-14)15-13-11-7-5-4-6-8-11/h4-8,12-14H,2-3,9-10H2,1H3/t12-/m0/s1. The lowest BCUT2D eigenvalue weighted by Gasteiger charge is -2.15. The summed E-state index contributed by atoms with van der Waals surface area (Å²) in [6, 6.07) is 9.67. The average Bonchev–Trinajstić information content (AvgIpc) is 2.31. The number of rotatable bonds is 7. The van der Waals surface area contributed by atoms with Crippen LogP contribution >= 0.6 is 0 Å². The van der Waals surface area contributed by atoms with Crippen molar-refractivity contribution in [2.24, 2.45) is 0 Å². The zero-order valence-corrected chi connectivity index (χ0v) is 9.15. The maximum Gasteiger partial charge on any atom is 0.108 e. The first-order valence-electron chi connectivity index (χ1n) is 5.44. The van der Waals surface area contributed by atoms with E-state index in [4.69, 9.17) is 9.94 Å². The molecule has 0 spiro atoms. The fourth-order valence-corrected chi connectivity index (χ4v) is 1.28. The molecule has 3 nitrogen and oxygen atoms in total. The zero-order valence-electron chi connectivity index (χ0n) is 9.15. The predicted molar refractivity (Wildman–Crippen MR) is 61.5 cm³/mol. The molecular weight excluding hydrogens is 190 g/mol. The van der Waals surface area contributed by atoms with Crippen LogP contribution in [0.3, 0.4) is 0 Å². The van der Waals surface area contributed by atoms with Gasteiger partial charge in [-0.25, -0.2) is 0 Å². The lowest BCUT2D eigenvalue weighted by atomic mass is 10.2. The van der Waals surface area contributed by atoms with Gasteiger partial charge in [-0.1, -0.05) is 38.0 Å². The Morgan fingerprint density at radius 2 is 2.07 bits per heavy atom. The van der Waals surface area contributed by atoms with Gasteiger partial charge in [0, 0.05) is 0 Å². The minimum atomic E-state index is -0.120. The number of hydrogen-bond acceptors (Lipinski definition) is 3. The number of aliphatic hydroxyl groups is 1. The van der Waals surface area contributed by atoms with Crippen LogP contribution in [0.5, 0.6) is 0 Å². The molecular formula is C12H19NO2. The number of aliphatic hydroxyl groups excluding tert-OH is 1. The number of benzene rings is 1. The highest BCUT2D eigenvalue weighted by Gasteiger charge is 2.06. The van der Waals surface area contributed by atoms with Crippen molar-refractivity contribution in [2.45, 2.75) is 32.3 Å². The minimum Gasteiger partial charge on any atom is -0.394 e. The Kier molecular flexibility index (Phi) is 5.81. The number of unbranched alkanes of at least 4 members (excludes halogenated alkanes) is 1. The molecule has 1 rings (SSSR count). The SMILES string of the molecule is CCCC[C@@H](CO)ONc1ccccc1. The Bertz CT molecular complexity index is 251. The van der Waals surface area contributed by atoms with Crippen molar-refractivity contribution in [3.05, 3.63) is 30.3 Å². The summed E-state index contributed by atoms with van der Waals surface area (Å²) >= 11 is 0. The van der Waals surface area contributed by atoms with Gasteiger partial charge in [0.2, 0.25) is 0 Å². The molecule has 0 aliphatic carbocycles. The van der Waals surface area contributed by atoms with Crippen LogP contribution < -0.4 is 5.48 Å². The summed E-state index contributed by atoms with van der Waals surface area (Å²) in [6.45, 7) is 2.18. The second-order valence-corrected chi connectivity index (χ2v) is 3.53. The Labute approximate surface area is 91.0 Å². The van der Waals surface area contributed by atoms with Gasteiger partial charge in [0.05, 0.1) is 12.3 Å². The van der Waals surface area contributed by atoms with Crippen LogP contribution in [0.2, 0.25) is 0 Å². The molecule has 15 heavy (non-hydrogen) atoms. The van der Waals surface area contributed by atoms with E-state index in [1.54, 1.807) is 0 Å². The molecule has 0 saturated carbocycles. The highest BCUT2D eigenvalue weighted by atomic mass is 16.7. The van der Waals surface area contributed by atoms with Crippen molar-refractivity contribution in [3.8, 4) is 0 Å². The van der Waals surface area contributed by atoms with E-state index in [1.165, 1.54) is 0 Å². The maximum atomic E-state index is 9.07. The van der Waals surface area contributed by atoms with Crippen molar-refractivity contribution in [2.75, 3.05) is 12.1 Å². The van der Waals surface area contributed by atoms with E-state index in [9.17, 15) is 0 Å². The third kappa shape index (κ3) is 4.81. The van der Waals surface area contributed by atoms with Gasteiger partial charge in [0.25, 0.3) is 0 Å². The Morgan fingerprint density at radius 3 is 2.67 bits per heavy atom. The molecule has 0 radical (unpaired) electrons. The number of hydrogen-bond donors (Lipinski definition) is 2. The third-order valence-electron chi connectivity index (χ3n) is 2.20. The molecule has 0 amide bonds. The summed E-state index contributed by atoms with van der Waals surface area (Å²) in [5.74, 6) is 0. The van der Waals surface area contributed by atoms with Gasteiger partial charge in [-0.05, 0) is 18.6 Å². The van der Waals surface area contributed by atoms with E-state index >= 15 is 0 Å². The normalized spacial score (nSPS) is 12.4. The number of anilines is 1.